The molecule has 0 unspecified atom stereocenters. The maximum absolute atomic E-state index is 12.2. The number of halogens is 1. The molecule has 1 N–H and O–H groups in total. The minimum Gasteiger partial charge on any atom is -0.326 e. The number of aryl methyl sites for hydroxylation is 1. The Morgan fingerprint density at radius 2 is 2.25 bits per heavy atom. The summed E-state index contributed by atoms with van der Waals surface area (Å²) in [6, 6.07) is 8.34. The van der Waals surface area contributed by atoms with Crippen molar-refractivity contribution in [1.29, 1.82) is 5.26 Å². The van der Waals surface area contributed by atoms with Crippen molar-refractivity contribution in [3.8, 4) is 6.07 Å². The van der Waals surface area contributed by atoms with E-state index in [0.29, 0.717) is 21.5 Å². The van der Waals surface area contributed by atoms with Crippen LogP contribution in [-0.4, -0.2) is 15.5 Å². The maximum atomic E-state index is 12.2. The Hall–Kier alpha value is -2.69. The molecule has 3 rings (SSSR count). The number of nitrogens with one attached hydrogen (secondary N) is 1. The number of carbonyl (C=O) groups excluding carboxylic acids is 1. The molecule has 0 saturated heterocycles. The summed E-state index contributed by atoms with van der Waals surface area (Å²) in [4.78, 5) is 29.1. The zero-order chi connectivity index (χ0) is 17.1. The van der Waals surface area contributed by atoms with Gasteiger partial charge in [-0.2, -0.15) is 5.26 Å². The molecule has 0 radical (unpaired) electrons. The number of benzene rings is 1. The van der Waals surface area contributed by atoms with Gasteiger partial charge in [0.05, 0.1) is 22.3 Å². The van der Waals surface area contributed by atoms with Crippen LogP contribution in [0.3, 0.4) is 0 Å². The van der Waals surface area contributed by atoms with Crippen molar-refractivity contribution in [2.24, 2.45) is 0 Å². The summed E-state index contributed by atoms with van der Waals surface area (Å²) >= 11 is 7.33. The van der Waals surface area contributed by atoms with E-state index in [4.69, 9.17) is 16.9 Å². The highest BCUT2D eigenvalue weighted by Gasteiger charge is 2.08. The van der Waals surface area contributed by atoms with Gasteiger partial charge in [-0.3, -0.25) is 14.2 Å². The van der Waals surface area contributed by atoms with Gasteiger partial charge in [0.25, 0.3) is 5.56 Å². The van der Waals surface area contributed by atoms with E-state index in [9.17, 15) is 9.59 Å². The summed E-state index contributed by atoms with van der Waals surface area (Å²) in [6.45, 7) is 0.230. The summed E-state index contributed by atoms with van der Waals surface area (Å²) in [5, 5.41) is 14.2. The summed E-state index contributed by atoms with van der Waals surface area (Å²) in [5.74, 6) is -0.256. The number of fused-ring (bicyclic) bond motifs is 1. The summed E-state index contributed by atoms with van der Waals surface area (Å²) in [7, 11) is 0. The Kier molecular flexibility index (Phi) is 4.60. The van der Waals surface area contributed by atoms with Gasteiger partial charge < -0.3 is 5.32 Å². The molecule has 8 heteroatoms. The van der Waals surface area contributed by atoms with Crippen LogP contribution < -0.4 is 10.9 Å². The van der Waals surface area contributed by atoms with Gasteiger partial charge in [0, 0.05) is 18.7 Å². The second-order valence-electron chi connectivity index (χ2n) is 4.99. The lowest BCUT2D eigenvalue weighted by Gasteiger charge is -2.07. The van der Waals surface area contributed by atoms with E-state index in [0.717, 1.165) is 0 Å². The number of anilines is 1. The molecule has 0 saturated carbocycles. The average molecular weight is 359 g/mol. The second-order valence-corrected chi connectivity index (χ2v) is 6.29. The van der Waals surface area contributed by atoms with Crippen molar-refractivity contribution in [3.63, 3.8) is 0 Å². The Morgan fingerprint density at radius 1 is 1.42 bits per heavy atom. The molecule has 24 heavy (non-hydrogen) atoms. The Balaban J connectivity index is 1.67. The fourth-order valence-corrected chi connectivity index (χ4v) is 3.13. The molecule has 0 aliphatic heterocycles. The standard InChI is InChI=1S/C16H11ClN4O2S/c17-13-7-11(2-1-10(13)8-18)20-14(22)3-5-21-9-19-15-12(16(21)23)4-6-24-15/h1-2,4,6-7,9H,3,5H2,(H,20,22). The summed E-state index contributed by atoms with van der Waals surface area (Å²) in [6.07, 6.45) is 1.57. The lowest BCUT2D eigenvalue weighted by atomic mass is 10.2. The minimum absolute atomic E-state index is 0.120. The molecular formula is C16H11ClN4O2S. The first-order chi connectivity index (χ1) is 11.6. The highest BCUT2D eigenvalue weighted by Crippen LogP contribution is 2.20. The molecule has 2 aromatic heterocycles. The smallest absolute Gasteiger partial charge is 0.262 e. The highest BCUT2D eigenvalue weighted by molar-refractivity contribution is 7.16. The molecule has 0 fully saturated rings. The van der Waals surface area contributed by atoms with Crippen LogP contribution in [0, 0.1) is 11.3 Å². The SMILES string of the molecule is N#Cc1ccc(NC(=O)CCn2cnc3sccc3c2=O)cc1Cl. The summed E-state index contributed by atoms with van der Waals surface area (Å²) < 4.78 is 1.42. The second kappa shape index (κ2) is 6.83. The number of hydrogen-bond donors (Lipinski definition) is 1. The quantitative estimate of drug-likeness (QED) is 0.776. The predicted octanol–water partition coefficient (Wildman–Crippen LogP) is 3.01. The highest BCUT2D eigenvalue weighted by atomic mass is 35.5. The Morgan fingerprint density at radius 3 is 3.00 bits per heavy atom. The molecule has 120 valence electrons. The van der Waals surface area contributed by atoms with Gasteiger partial charge in [-0.1, -0.05) is 11.6 Å². The number of aromatic nitrogens is 2. The van der Waals surface area contributed by atoms with Crippen molar-refractivity contribution in [3.05, 3.63) is 56.9 Å². The third kappa shape index (κ3) is 3.30. The first-order valence-corrected chi connectivity index (χ1v) is 8.26. The molecule has 1 amide bonds. The van der Waals surface area contributed by atoms with E-state index >= 15 is 0 Å². The number of hydrogen-bond acceptors (Lipinski definition) is 5. The number of nitriles is 1. The molecule has 6 nitrogen and oxygen atoms in total. The maximum Gasteiger partial charge on any atom is 0.262 e. The number of carbonyl (C=O) groups is 1. The zero-order valence-electron chi connectivity index (χ0n) is 12.3. The van der Waals surface area contributed by atoms with Crippen LogP contribution in [0.5, 0.6) is 0 Å². The normalized spacial score (nSPS) is 10.5. The molecule has 0 atom stereocenters. The van der Waals surface area contributed by atoms with E-state index in [1.807, 2.05) is 11.4 Å². The lowest BCUT2D eigenvalue weighted by molar-refractivity contribution is -0.116. The van der Waals surface area contributed by atoms with Gasteiger partial charge in [-0.25, -0.2) is 4.98 Å². The van der Waals surface area contributed by atoms with Crippen molar-refractivity contribution in [2.45, 2.75) is 13.0 Å². The molecule has 0 aliphatic carbocycles. The number of amides is 1. The topological polar surface area (TPSA) is 87.8 Å². The molecule has 2 heterocycles. The van der Waals surface area contributed by atoms with Gasteiger partial charge in [0.1, 0.15) is 10.9 Å². The van der Waals surface area contributed by atoms with E-state index < -0.39 is 0 Å². The van der Waals surface area contributed by atoms with Gasteiger partial charge in [-0.15, -0.1) is 11.3 Å². The minimum atomic E-state index is -0.256. The van der Waals surface area contributed by atoms with E-state index in [1.165, 1.54) is 34.4 Å². The van der Waals surface area contributed by atoms with Crippen LogP contribution in [0.15, 0.2) is 40.8 Å². The first kappa shape index (κ1) is 16.2. The molecule has 0 bridgehead atoms. The third-order valence-corrected chi connectivity index (χ3v) is 4.54. The number of rotatable bonds is 4. The van der Waals surface area contributed by atoms with Gasteiger partial charge >= 0.3 is 0 Å². The lowest BCUT2D eigenvalue weighted by Crippen LogP contribution is -2.23. The van der Waals surface area contributed by atoms with E-state index in [-0.39, 0.29) is 29.5 Å². The summed E-state index contributed by atoms with van der Waals surface area (Å²) in [5.41, 5.74) is 0.689. The van der Waals surface area contributed by atoms with Gasteiger partial charge in [0.15, 0.2) is 0 Å². The largest absolute Gasteiger partial charge is 0.326 e. The molecule has 0 aliphatic rings. The molecule has 1 aromatic carbocycles. The first-order valence-electron chi connectivity index (χ1n) is 7.00. The van der Waals surface area contributed by atoms with Crippen LogP contribution in [0.4, 0.5) is 5.69 Å². The zero-order valence-corrected chi connectivity index (χ0v) is 13.9. The molecular weight excluding hydrogens is 348 g/mol. The fraction of sp³-hybridized carbons (Fsp3) is 0.125. The van der Waals surface area contributed by atoms with E-state index in [1.54, 1.807) is 12.1 Å². The Bertz CT molecular complexity index is 1020. The fourth-order valence-electron chi connectivity index (χ4n) is 2.18. The van der Waals surface area contributed by atoms with Crippen molar-refractivity contribution < 1.29 is 4.79 Å². The van der Waals surface area contributed by atoms with Crippen molar-refractivity contribution in [1.82, 2.24) is 9.55 Å². The Labute approximate surface area is 145 Å². The van der Waals surface area contributed by atoms with Crippen LogP contribution in [-0.2, 0) is 11.3 Å². The van der Waals surface area contributed by atoms with Gasteiger partial charge in [0.2, 0.25) is 5.91 Å². The molecule has 3 aromatic rings. The molecule has 0 spiro atoms. The van der Waals surface area contributed by atoms with Gasteiger partial charge in [-0.05, 0) is 29.6 Å². The van der Waals surface area contributed by atoms with Crippen LogP contribution in [0.2, 0.25) is 5.02 Å². The average Bonchev–Trinajstić information content (AvgIpc) is 3.04. The van der Waals surface area contributed by atoms with Crippen molar-refractivity contribution in [2.75, 3.05) is 5.32 Å². The van der Waals surface area contributed by atoms with Crippen molar-refractivity contribution >= 4 is 44.7 Å². The predicted molar refractivity (Wildman–Crippen MR) is 93.3 cm³/mol. The van der Waals surface area contributed by atoms with Crippen LogP contribution >= 0.6 is 22.9 Å². The van der Waals surface area contributed by atoms with E-state index in [2.05, 4.69) is 10.3 Å². The van der Waals surface area contributed by atoms with Crippen LogP contribution in [0.1, 0.15) is 12.0 Å². The third-order valence-electron chi connectivity index (χ3n) is 3.40. The van der Waals surface area contributed by atoms with Crippen LogP contribution in [0.25, 0.3) is 10.2 Å². The monoisotopic (exact) mass is 358 g/mol. The number of nitrogens with zero attached hydrogens (tertiary/aromatic N) is 3. The number of thiophene rings is 1.